The van der Waals surface area contributed by atoms with Gasteiger partial charge in [0.25, 0.3) is 0 Å². The molecule has 1 unspecified atom stereocenters. The lowest BCUT2D eigenvalue weighted by atomic mass is 10.0. The number of esters is 3. The van der Waals surface area contributed by atoms with Gasteiger partial charge in [0.05, 0.1) is 0 Å². The number of hydrogen-bond donors (Lipinski definition) is 0. The minimum Gasteiger partial charge on any atom is -0.462 e. The third-order valence-electron chi connectivity index (χ3n) is 12.9. The van der Waals surface area contributed by atoms with Crippen molar-refractivity contribution < 1.29 is 28.6 Å². The standard InChI is InChI=1S/C60H110O6/c1-4-7-10-13-16-19-22-25-27-29-30-32-33-35-38-41-44-47-50-53-59(62)65-56-57(55-64-58(61)52-49-46-43-40-37-24-21-18-15-12-9-6-3)66-60(63)54-51-48-45-42-39-36-34-31-28-26-23-20-17-14-11-8-5-2/h16,18-19,21-22,25,57H,4-15,17,20,23-24,26-56H2,1-3H3/b19-16-,21-18-,25-22-. The van der Waals surface area contributed by atoms with Crippen molar-refractivity contribution in [3.8, 4) is 0 Å². The third-order valence-corrected chi connectivity index (χ3v) is 12.9. The highest BCUT2D eigenvalue weighted by Gasteiger charge is 2.19. The normalized spacial score (nSPS) is 12.2. The Morgan fingerprint density at radius 2 is 0.545 bits per heavy atom. The van der Waals surface area contributed by atoms with E-state index >= 15 is 0 Å². The summed E-state index contributed by atoms with van der Waals surface area (Å²) in [5, 5.41) is 0. The zero-order valence-corrected chi connectivity index (χ0v) is 44.2. The number of hydrogen-bond acceptors (Lipinski definition) is 6. The fourth-order valence-corrected chi connectivity index (χ4v) is 8.49. The molecule has 0 spiro atoms. The fourth-order valence-electron chi connectivity index (χ4n) is 8.49. The molecule has 0 saturated heterocycles. The molecule has 0 heterocycles. The fraction of sp³-hybridized carbons (Fsp3) is 0.850. The molecule has 0 amide bonds. The molecule has 6 heteroatoms. The smallest absolute Gasteiger partial charge is 0.306 e. The van der Waals surface area contributed by atoms with Gasteiger partial charge in [0.2, 0.25) is 0 Å². The van der Waals surface area contributed by atoms with E-state index in [9.17, 15) is 14.4 Å². The summed E-state index contributed by atoms with van der Waals surface area (Å²) in [5.74, 6) is -0.868. The van der Waals surface area contributed by atoms with Crippen molar-refractivity contribution in [3.05, 3.63) is 36.5 Å². The summed E-state index contributed by atoms with van der Waals surface area (Å²) in [4.78, 5) is 38.1. The first kappa shape index (κ1) is 63.6. The van der Waals surface area contributed by atoms with Gasteiger partial charge in [-0.3, -0.25) is 14.4 Å². The second kappa shape index (κ2) is 55.2. The van der Waals surface area contributed by atoms with E-state index in [0.717, 1.165) is 64.2 Å². The van der Waals surface area contributed by atoms with Crippen LogP contribution in [0.5, 0.6) is 0 Å². The van der Waals surface area contributed by atoms with E-state index in [4.69, 9.17) is 14.2 Å². The maximum Gasteiger partial charge on any atom is 0.306 e. The number of rotatable bonds is 53. The van der Waals surface area contributed by atoms with Crippen LogP contribution in [0.2, 0.25) is 0 Å². The number of carbonyl (C=O) groups excluding carboxylic acids is 3. The van der Waals surface area contributed by atoms with Crippen LogP contribution in [0, 0.1) is 0 Å². The van der Waals surface area contributed by atoms with Gasteiger partial charge in [-0.25, -0.2) is 0 Å². The number of allylic oxidation sites excluding steroid dienone is 6. The highest BCUT2D eigenvalue weighted by molar-refractivity contribution is 5.71. The molecule has 0 aromatic carbocycles. The van der Waals surface area contributed by atoms with Crippen LogP contribution in [-0.4, -0.2) is 37.2 Å². The molecule has 0 aromatic rings. The van der Waals surface area contributed by atoms with E-state index in [0.29, 0.717) is 19.3 Å². The van der Waals surface area contributed by atoms with Crippen LogP contribution < -0.4 is 0 Å². The summed E-state index contributed by atoms with van der Waals surface area (Å²) >= 11 is 0. The first-order valence-electron chi connectivity index (χ1n) is 29.0. The minimum atomic E-state index is -0.773. The average Bonchev–Trinajstić information content (AvgIpc) is 3.31. The van der Waals surface area contributed by atoms with Crippen molar-refractivity contribution in [2.75, 3.05) is 13.2 Å². The summed E-state index contributed by atoms with van der Waals surface area (Å²) in [5.41, 5.74) is 0. The van der Waals surface area contributed by atoms with Crippen LogP contribution >= 0.6 is 0 Å². The molecule has 1 atom stereocenters. The van der Waals surface area contributed by atoms with Gasteiger partial charge in [0.1, 0.15) is 13.2 Å². The van der Waals surface area contributed by atoms with Crippen molar-refractivity contribution >= 4 is 17.9 Å². The predicted octanol–water partition coefficient (Wildman–Crippen LogP) is 19.3. The molecular weight excluding hydrogens is 817 g/mol. The van der Waals surface area contributed by atoms with Crippen LogP contribution in [0.3, 0.4) is 0 Å². The third kappa shape index (κ3) is 52.6. The van der Waals surface area contributed by atoms with E-state index in [1.54, 1.807) is 0 Å². The van der Waals surface area contributed by atoms with Crippen molar-refractivity contribution in [2.24, 2.45) is 0 Å². The molecule has 0 aliphatic heterocycles. The highest BCUT2D eigenvalue weighted by Crippen LogP contribution is 2.17. The van der Waals surface area contributed by atoms with E-state index in [2.05, 4.69) is 57.2 Å². The zero-order valence-electron chi connectivity index (χ0n) is 44.2. The summed E-state index contributed by atoms with van der Waals surface area (Å²) in [6.07, 6.45) is 65.6. The number of carbonyl (C=O) groups is 3. The zero-order chi connectivity index (χ0) is 47.9. The Balaban J connectivity index is 4.31. The van der Waals surface area contributed by atoms with Gasteiger partial charge in [0, 0.05) is 19.3 Å². The molecule has 6 nitrogen and oxygen atoms in total. The molecule has 0 aliphatic rings. The molecular formula is C60H110O6. The second-order valence-corrected chi connectivity index (χ2v) is 19.6. The lowest BCUT2D eigenvalue weighted by Gasteiger charge is -2.18. The average molecular weight is 928 g/mol. The Kier molecular flexibility index (Phi) is 53.2. The molecule has 0 aromatic heterocycles. The van der Waals surface area contributed by atoms with Crippen LogP contribution in [0.25, 0.3) is 0 Å². The summed E-state index contributed by atoms with van der Waals surface area (Å²) in [6.45, 7) is 6.62. The minimum absolute atomic E-state index is 0.0730. The Labute approximate surface area is 410 Å². The van der Waals surface area contributed by atoms with Crippen LogP contribution in [-0.2, 0) is 28.6 Å². The van der Waals surface area contributed by atoms with E-state index in [1.807, 2.05) is 0 Å². The topological polar surface area (TPSA) is 78.9 Å². The Hall–Kier alpha value is -2.37. The van der Waals surface area contributed by atoms with Crippen LogP contribution in [0.15, 0.2) is 36.5 Å². The second-order valence-electron chi connectivity index (χ2n) is 19.6. The summed E-state index contributed by atoms with van der Waals surface area (Å²) in [7, 11) is 0. The largest absolute Gasteiger partial charge is 0.462 e. The van der Waals surface area contributed by atoms with Gasteiger partial charge in [-0.05, 0) is 70.6 Å². The van der Waals surface area contributed by atoms with Gasteiger partial charge in [-0.1, -0.05) is 256 Å². The number of ether oxygens (including phenoxy) is 3. The van der Waals surface area contributed by atoms with E-state index in [-0.39, 0.29) is 31.1 Å². The first-order valence-corrected chi connectivity index (χ1v) is 29.0. The molecule has 0 saturated carbocycles. The predicted molar refractivity (Wildman–Crippen MR) is 284 cm³/mol. The Morgan fingerprint density at radius 3 is 0.879 bits per heavy atom. The van der Waals surface area contributed by atoms with E-state index in [1.165, 1.54) is 205 Å². The van der Waals surface area contributed by atoms with Crippen molar-refractivity contribution in [2.45, 2.75) is 316 Å². The first-order chi connectivity index (χ1) is 32.5. The van der Waals surface area contributed by atoms with Crippen LogP contribution in [0.1, 0.15) is 310 Å². The summed E-state index contributed by atoms with van der Waals surface area (Å²) in [6, 6.07) is 0. The monoisotopic (exact) mass is 927 g/mol. The Bertz CT molecular complexity index is 1110. The van der Waals surface area contributed by atoms with Gasteiger partial charge >= 0.3 is 17.9 Å². The molecule has 0 N–H and O–H groups in total. The molecule has 0 rings (SSSR count). The highest BCUT2D eigenvalue weighted by atomic mass is 16.6. The maximum atomic E-state index is 12.8. The van der Waals surface area contributed by atoms with Gasteiger partial charge in [0.15, 0.2) is 6.10 Å². The number of unbranched alkanes of at least 4 members (excludes halogenated alkanes) is 37. The molecule has 386 valence electrons. The van der Waals surface area contributed by atoms with Gasteiger partial charge in [-0.2, -0.15) is 0 Å². The van der Waals surface area contributed by atoms with Crippen molar-refractivity contribution in [3.63, 3.8) is 0 Å². The lowest BCUT2D eigenvalue weighted by Crippen LogP contribution is -2.30. The SMILES string of the molecule is CCCCC/C=C\C=C/CCCCCCCCCCCCC(=O)OCC(COC(=O)CCCCCCC/C=C\CCCCC)OC(=O)CCCCCCCCCCCCCCCCCCC. The Morgan fingerprint density at radius 1 is 0.303 bits per heavy atom. The van der Waals surface area contributed by atoms with E-state index < -0.39 is 6.10 Å². The lowest BCUT2D eigenvalue weighted by molar-refractivity contribution is -0.167. The van der Waals surface area contributed by atoms with Gasteiger partial charge in [-0.15, -0.1) is 0 Å². The van der Waals surface area contributed by atoms with Gasteiger partial charge < -0.3 is 14.2 Å². The van der Waals surface area contributed by atoms with Crippen molar-refractivity contribution in [1.29, 1.82) is 0 Å². The maximum absolute atomic E-state index is 12.8. The van der Waals surface area contributed by atoms with Crippen LogP contribution in [0.4, 0.5) is 0 Å². The van der Waals surface area contributed by atoms with Crippen molar-refractivity contribution in [1.82, 2.24) is 0 Å². The molecule has 0 radical (unpaired) electrons. The summed E-state index contributed by atoms with van der Waals surface area (Å²) < 4.78 is 16.9. The molecule has 0 aliphatic carbocycles. The molecule has 66 heavy (non-hydrogen) atoms. The quantitative estimate of drug-likeness (QED) is 0.0199. The molecule has 0 fully saturated rings. The molecule has 0 bridgehead atoms.